The molecule has 2 aromatic carbocycles. The van der Waals surface area contributed by atoms with Gasteiger partial charge in [0.25, 0.3) is 5.91 Å². The summed E-state index contributed by atoms with van der Waals surface area (Å²) in [5.74, 6) is -0.414. The van der Waals surface area contributed by atoms with E-state index < -0.39 is 11.7 Å². The zero-order valence-corrected chi connectivity index (χ0v) is 25.7. The van der Waals surface area contributed by atoms with Crippen molar-refractivity contribution in [3.63, 3.8) is 0 Å². The molecule has 5 rings (SSSR count). The highest BCUT2D eigenvalue weighted by atomic mass is 19.1. The molecule has 0 bridgehead atoms. The summed E-state index contributed by atoms with van der Waals surface area (Å²) >= 11 is 0. The van der Waals surface area contributed by atoms with Crippen LogP contribution in [0.2, 0.25) is 0 Å². The predicted octanol–water partition coefficient (Wildman–Crippen LogP) is 4.47. The number of aromatic nitrogens is 3. The summed E-state index contributed by atoms with van der Waals surface area (Å²) in [6.45, 7) is 3.81. The molecule has 1 aliphatic rings. The third-order valence-electron chi connectivity index (χ3n) is 8.14. The number of phenolic OH excluding ortho intramolecular Hbond substituents is 1. The average molecular weight is 635 g/mol. The van der Waals surface area contributed by atoms with Gasteiger partial charge >= 0.3 is 0 Å². The summed E-state index contributed by atoms with van der Waals surface area (Å²) in [6, 6.07) is 13.2. The number of pyridine rings is 1. The van der Waals surface area contributed by atoms with Crippen LogP contribution >= 0.6 is 0 Å². The van der Waals surface area contributed by atoms with Gasteiger partial charge in [-0.1, -0.05) is 12.1 Å². The molecule has 238 valence electrons. The Labute approximate surface area is 270 Å². The molecule has 2 aromatic heterocycles. The number of hydroxylamine groups is 1. The quantitative estimate of drug-likeness (QED) is 0.116. The number of aromatic hydroxyl groups is 1. The molecule has 0 spiro atoms. The van der Waals surface area contributed by atoms with Crippen molar-refractivity contribution in [2.24, 2.45) is 0 Å². The van der Waals surface area contributed by atoms with Gasteiger partial charge in [0.1, 0.15) is 29.3 Å². The minimum atomic E-state index is -0.707. The highest BCUT2D eigenvalue weighted by molar-refractivity contribution is 5.91. The van der Waals surface area contributed by atoms with Crippen molar-refractivity contribution in [3.8, 4) is 45.9 Å². The summed E-state index contributed by atoms with van der Waals surface area (Å²) in [6.07, 6.45) is 8.91. The number of anilines is 1. The molecule has 4 N–H and O–H groups in total. The number of carbonyl (C=O) groups is 1. The van der Waals surface area contributed by atoms with E-state index in [1.807, 2.05) is 11.0 Å². The van der Waals surface area contributed by atoms with Gasteiger partial charge in [-0.25, -0.2) is 24.8 Å². The number of hydrogen-bond donors (Lipinski definition) is 4. The van der Waals surface area contributed by atoms with Gasteiger partial charge in [0.2, 0.25) is 0 Å². The molecule has 0 unspecified atom stereocenters. The van der Waals surface area contributed by atoms with Crippen molar-refractivity contribution in [2.45, 2.75) is 31.8 Å². The molecule has 1 aliphatic heterocycles. The number of phenols is 1. The van der Waals surface area contributed by atoms with Crippen molar-refractivity contribution >= 4 is 17.8 Å². The fourth-order valence-electron chi connectivity index (χ4n) is 5.42. The van der Waals surface area contributed by atoms with E-state index >= 15 is 0 Å². The van der Waals surface area contributed by atoms with Gasteiger partial charge in [-0.15, -0.1) is 0 Å². The van der Waals surface area contributed by atoms with Gasteiger partial charge in [0.05, 0.1) is 12.7 Å². The van der Waals surface area contributed by atoms with Crippen LogP contribution in [-0.2, 0) is 11.3 Å². The normalized spacial score (nSPS) is 14.0. The number of nitrogens with one attached hydrogen (secondary N) is 2. The van der Waals surface area contributed by atoms with Crippen LogP contribution in [0.25, 0.3) is 28.3 Å². The van der Waals surface area contributed by atoms with Crippen LogP contribution in [0.5, 0.6) is 11.5 Å². The lowest BCUT2D eigenvalue weighted by atomic mass is 9.88. The molecule has 3 heterocycles. The number of nitriles is 2. The van der Waals surface area contributed by atoms with Crippen molar-refractivity contribution < 1.29 is 24.2 Å². The first-order valence-corrected chi connectivity index (χ1v) is 14.6. The number of benzene rings is 2. The SMILES string of the molecule is COc1ccc(-c2cnc(N3CCC(C)(NCc4cnc(/C=C/C(=O)NO)nc4)CC3)c(C#N)c2-c2ccc(C#N)c(F)c2)cc1O. The van der Waals surface area contributed by atoms with E-state index in [0.717, 1.165) is 24.5 Å². The fourth-order valence-corrected chi connectivity index (χ4v) is 5.42. The number of amides is 1. The number of halogens is 1. The van der Waals surface area contributed by atoms with Crippen LogP contribution in [-0.4, -0.2) is 56.9 Å². The van der Waals surface area contributed by atoms with Crippen molar-refractivity contribution in [2.75, 3.05) is 25.1 Å². The van der Waals surface area contributed by atoms with E-state index in [1.54, 1.807) is 36.8 Å². The lowest BCUT2D eigenvalue weighted by molar-refractivity contribution is -0.124. The average Bonchev–Trinajstić information content (AvgIpc) is 3.09. The maximum Gasteiger partial charge on any atom is 0.267 e. The fraction of sp³-hybridized carbons (Fsp3) is 0.235. The van der Waals surface area contributed by atoms with Gasteiger partial charge < -0.3 is 20.1 Å². The first-order valence-electron chi connectivity index (χ1n) is 14.6. The van der Waals surface area contributed by atoms with Crippen molar-refractivity contribution in [1.29, 1.82) is 10.5 Å². The molecule has 47 heavy (non-hydrogen) atoms. The van der Waals surface area contributed by atoms with Crippen LogP contribution in [0.3, 0.4) is 0 Å². The molecule has 13 heteroatoms. The second-order valence-electron chi connectivity index (χ2n) is 11.2. The monoisotopic (exact) mass is 634 g/mol. The van der Waals surface area contributed by atoms with Gasteiger partial charge in [0, 0.05) is 66.5 Å². The number of methoxy groups -OCH3 is 1. The molecule has 12 nitrogen and oxygen atoms in total. The first-order chi connectivity index (χ1) is 22.7. The molecule has 1 fully saturated rings. The zero-order valence-electron chi connectivity index (χ0n) is 25.7. The van der Waals surface area contributed by atoms with Gasteiger partial charge in [0.15, 0.2) is 17.3 Å². The largest absolute Gasteiger partial charge is 0.504 e. The minimum Gasteiger partial charge on any atom is -0.504 e. The molecule has 0 radical (unpaired) electrons. The van der Waals surface area contributed by atoms with E-state index in [-0.39, 0.29) is 28.2 Å². The molecule has 1 saturated heterocycles. The Morgan fingerprint density at radius 3 is 2.43 bits per heavy atom. The highest BCUT2D eigenvalue weighted by Gasteiger charge is 2.32. The van der Waals surface area contributed by atoms with E-state index in [1.165, 1.54) is 36.9 Å². The van der Waals surface area contributed by atoms with E-state index in [2.05, 4.69) is 28.3 Å². The van der Waals surface area contributed by atoms with Gasteiger partial charge in [-0.3, -0.25) is 10.0 Å². The molecule has 1 amide bonds. The highest BCUT2D eigenvalue weighted by Crippen LogP contribution is 2.41. The molecular weight excluding hydrogens is 603 g/mol. The first kappa shape index (κ1) is 32.5. The number of nitrogens with zero attached hydrogens (tertiary/aromatic N) is 6. The summed E-state index contributed by atoms with van der Waals surface area (Å²) in [4.78, 5) is 26.4. The Balaban J connectivity index is 1.39. The van der Waals surface area contributed by atoms with Crippen LogP contribution in [0.1, 0.15) is 42.3 Å². The number of rotatable bonds is 9. The minimum absolute atomic E-state index is 0.0983. The van der Waals surface area contributed by atoms with Gasteiger partial charge in [-0.2, -0.15) is 10.5 Å². The van der Waals surface area contributed by atoms with Crippen LogP contribution < -0.4 is 20.4 Å². The molecule has 4 aromatic rings. The molecule has 0 aliphatic carbocycles. The Hall–Kier alpha value is -5.89. The number of ether oxygens (including phenoxy) is 1. The smallest absolute Gasteiger partial charge is 0.267 e. The van der Waals surface area contributed by atoms with E-state index in [0.29, 0.717) is 53.5 Å². The number of carbonyl (C=O) groups excluding carboxylic acids is 1. The topological polar surface area (TPSA) is 180 Å². The van der Waals surface area contributed by atoms with E-state index in [9.17, 15) is 24.8 Å². The third-order valence-corrected chi connectivity index (χ3v) is 8.14. The summed E-state index contributed by atoms with van der Waals surface area (Å²) in [5.41, 5.74) is 4.16. The lowest BCUT2D eigenvalue weighted by Crippen LogP contribution is -2.51. The standard InChI is InChI=1S/C34H31FN8O4/c1-34(41-19-21-17-38-30(39-18-21)7-8-31(45)42-46)9-11-43(12-10-34)33-25(16-37)32(23-3-4-24(15-36)27(35)13-23)26(20-40-33)22-5-6-29(47-2)28(44)14-22/h3-8,13-14,17-18,20,41,44,46H,9-12,19H2,1-2H3,(H,42,45)/b8-7+. The second-order valence-corrected chi connectivity index (χ2v) is 11.2. The Kier molecular flexibility index (Phi) is 9.71. The third kappa shape index (κ3) is 7.17. The van der Waals surface area contributed by atoms with Crippen molar-refractivity contribution in [3.05, 3.63) is 89.4 Å². The van der Waals surface area contributed by atoms with Crippen molar-refractivity contribution in [1.82, 2.24) is 25.7 Å². The van der Waals surface area contributed by atoms with Crippen LogP contribution in [0.4, 0.5) is 10.2 Å². The second kappa shape index (κ2) is 14.0. The Morgan fingerprint density at radius 1 is 1.09 bits per heavy atom. The van der Waals surface area contributed by atoms with Gasteiger partial charge in [-0.05, 0) is 61.2 Å². The summed E-state index contributed by atoms with van der Waals surface area (Å²) < 4.78 is 20.1. The Bertz CT molecular complexity index is 1910. The van der Waals surface area contributed by atoms with Crippen LogP contribution in [0, 0.1) is 28.5 Å². The number of hydrogen-bond acceptors (Lipinski definition) is 11. The zero-order chi connectivity index (χ0) is 33.6. The van der Waals surface area contributed by atoms with Crippen LogP contribution in [0.15, 0.2) is 61.1 Å². The molecule has 0 saturated carbocycles. The maximum absolute atomic E-state index is 14.9. The number of piperidine rings is 1. The predicted molar refractivity (Wildman–Crippen MR) is 170 cm³/mol. The molecular formula is C34H31FN8O4. The molecule has 0 atom stereocenters. The lowest BCUT2D eigenvalue weighted by Gasteiger charge is -2.41. The van der Waals surface area contributed by atoms with E-state index in [4.69, 9.17) is 14.9 Å². The summed E-state index contributed by atoms with van der Waals surface area (Å²) in [7, 11) is 1.44. The Morgan fingerprint density at radius 2 is 1.81 bits per heavy atom. The summed E-state index contributed by atoms with van der Waals surface area (Å²) in [5, 5.41) is 42.4. The maximum atomic E-state index is 14.9.